The largest absolute Gasteiger partial charge is 0.465 e. The maximum atomic E-state index is 13.0. The topological polar surface area (TPSA) is 35.5 Å². The molecular formula is C21H42O3. The lowest BCUT2D eigenvalue weighted by Gasteiger charge is -2.33. The molecule has 0 saturated carbocycles. The van der Waals surface area contributed by atoms with E-state index in [4.69, 9.17) is 9.47 Å². The average Bonchev–Trinajstić information content (AvgIpc) is 2.52. The second-order valence-corrected chi connectivity index (χ2v) is 8.26. The number of rotatable bonds is 14. The van der Waals surface area contributed by atoms with Crippen molar-refractivity contribution in [2.24, 2.45) is 23.2 Å². The van der Waals surface area contributed by atoms with Crippen molar-refractivity contribution in [3.05, 3.63) is 0 Å². The summed E-state index contributed by atoms with van der Waals surface area (Å²) in [5.74, 6) is 1.46. The zero-order valence-electron chi connectivity index (χ0n) is 17.3. The Morgan fingerprint density at radius 3 is 2.17 bits per heavy atom. The number of methoxy groups -OCH3 is 1. The Hall–Kier alpha value is -0.570. The Kier molecular flexibility index (Phi) is 12.4. The Morgan fingerprint density at radius 1 is 1.04 bits per heavy atom. The molecule has 144 valence electrons. The normalized spacial score (nSPS) is 15.5. The lowest BCUT2D eigenvalue weighted by atomic mass is 9.75. The fraction of sp³-hybridized carbons (Fsp3) is 0.952. The fourth-order valence-corrected chi connectivity index (χ4v) is 3.34. The van der Waals surface area contributed by atoms with E-state index in [1.54, 1.807) is 7.11 Å². The van der Waals surface area contributed by atoms with Crippen LogP contribution in [0.3, 0.4) is 0 Å². The van der Waals surface area contributed by atoms with Crippen LogP contribution in [0.1, 0.15) is 86.5 Å². The Bertz CT molecular complexity index is 325. The van der Waals surface area contributed by atoms with Gasteiger partial charge in [0.2, 0.25) is 0 Å². The molecule has 0 spiro atoms. The highest BCUT2D eigenvalue weighted by atomic mass is 16.5. The van der Waals surface area contributed by atoms with Gasteiger partial charge in [-0.2, -0.15) is 0 Å². The highest BCUT2D eigenvalue weighted by molar-refractivity contribution is 5.77. The first-order valence-electron chi connectivity index (χ1n) is 9.97. The summed E-state index contributed by atoms with van der Waals surface area (Å²) in [6, 6.07) is 0. The molecule has 0 aliphatic rings. The van der Waals surface area contributed by atoms with Crippen molar-refractivity contribution < 1.29 is 14.3 Å². The number of esters is 1. The van der Waals surface area contributed by atoms with Crippen molar-refractivity contribution in [1.82, 2.24) is 0 Å². The fourth-order valence-electron chi connectivity index (χ4n) is 3.34. The Morgan fingerprint density at radius 2 is 1.71 bits per heavy atom. The minimum absolute atomic E-state index is 0.0475. The van der Waals surface area contributed by atoms with Crippen LogP contribution in [0.4, 0.5) is 0 Å². The van der Waals surface area contributed by atoms with Gasteiger partial charge in [-0.3, -0.25) is 4.79 Å². The van der Waals surface area contributed by atoms with Gasteiger partial charge in [0.05, 0.1) is 18.6 Å². The Balaban J connectivity index is 4.97. The zero-order chi connectivity index (χ0) is 18.6. The molecule has 0 amide bonds. The van der Waals surface area contributed by atoms with Gasteiger partial charge in [0.25, 0.3) is 0 Å². The van der Waals surface area contributed by atoms with Crippen LogP contribution in [0.25, 0.3) is 0 Å². The van der Waals surface area contributed by atoms with Crippen molar-refractivity contribution in [3.63, 3.8) is 0 Å². The lowest BCUT2D eigenvalue weighted by Crippen LogP contribution is -2.39. The molecule has 3 nitrogen and oxygen atoms in total. The summed E-state index contributed by atoms with van der Waals surface area (Å²) in [4.78, 5) is 13.0. The lowest BCUT2D eigenvalue weighted by molar-refractivity contribution is -0.163. The van der Waals surface area contributed by atoms with Crippen LogP contribution >= 0.6 is 0 Å². The molecule has 0 aliphatic carbocycles. The van der Waals surface area contributed by atoms with Crippen LogP contribution in [-0.4, -0.2) is 26.3 Å². The molecule has 0 bridgehead atoms. The SMILES string of the molecule is CCCCC(CC)COC(=O)C(CCC(C)C)(COC)CC(C)C. The summed E-state index contributed by atoms with van der Waals surface area (Å²) in [6.45, 7) is 14.2. The standard InChI is InChI=1S/C21H42O3/c1-8-10-11-19(9-2)15-24-20(22)21(16-23-7,14-18(5)6)13-12-17(3)4/h17-19H,8-16H2,1-7H3. The molecule has 0 saturated heterocycles. The van der Waals surface area contributed by atoms with E-state index in [2.05, 4.69) is 41.5 Å². The van der Waals surface area contributed by atoms with Gasteiger partial charge in [0, 0.05) is 7.11 Å². The predicted octanol–water partition coefficient (Wildman–Crippen LogP) is 5.86. The number of carbonyl (C=O) groups excluding carboxylic acids is 1. The number of carbonyl (C=O) groups is 1. The zero-order valence-corrected chi connectivity index (χ0v) is 17.3. The summed E-state index contributed by atoms with van der Waals surface area (Å²) in [5, 5.41) is 0. The van der Waals surface area contributed by atoms with E-state index in [9.17, 15) is 4.79 Å². The number of hydrogen-bond donors (Lipinski definition) is 0. The van der Waals surface area contributed by atoms with Gasteiger partial charge in [-0.05, 0) is 43.4 Å². The second-order valence-electron chi connectivity index (χ2n) is 8.26. The first-order valence-corrected chi connectivity index (χ1v) is 9.97. The molecule has 0 rings (SSSR count). The van der Waals surface area contributed by atoms with Crippen molar-refractivity contribution in [2.75, 3.05) is 20.3 Å². The molecule has 0 aliphatic heterocycles. The van der Waals surface area contributed by atoms with E-state index in [1.807, 2.05) is 0 Å². The molecule has 24 heavy (non-hydrogen) atoms. The van der Waals surface area contributed by atoms with Crippen LogP contribution in [0, 0.1) is 23.2 Å². The summed E-state index contributed by atoms with van der Waals surface area (Å²) in [5.41, 5.74) is -0.490. The van der Waals surface area contributed by atoms with Crippen LogP contribution in [0.15, 0.2) is 0 Å². The molecule has 0 aromatic heterocycles. The number of ether oxygens (including phenoxy) is 2. The van der Waals surface area contributed by atoms with Crippen LogP contribution in [-0.2, 0) is 14.3 Å². The molecule has 0 aromatic carbocycles. The molecule has 0 fully saturated rings. The summed E-state index contributed by atoms with van der Waals surface area (Å²) >= 11 is 0. The molecule has 0 N–H and O–H groups in total. The number of hydrogen-bond acceptors (Lipinski definition) is 3. The summed E-state index contributed by atoms with van der Waals surface area (Å²) in [7, 11) is 1.69. The van der Waals surface area contributed by atoms with E-state index < -0.39 is 5.41 Å². The van der Waals surface area contributed by atoms with E-state index in [0.717, 1.165) is 32.1 Å². The third kappa shape index (κ3) is 9.05. The van der Waals surface area contributed by atoms with Crippen LogP contribution < -0.4 is 0 Å². The minimum Gasteiger partial charge on any atom is -0.465 e. The maximum Gasteiger partial charge on any atom is 0.314 e. The van der Waals surface area contributed by atoms with Crippen LogP contribution in [0.2, 0.25) is 0 Å². The van der Waals surface area contributed by atoms with Gasteiger partial charge < -0.3 is 9.47 Å². The van der Waals surface area contributed by atoms with Gasteiger partial charge in [-0.1, -0.05) is 60.8 Å². The first-order chi connectivity index (χ1) is 11.3. The van der Waals surface area contributed by atoms with Gasteiger partial charge in [-0.25, -0.2) is 0 Å². The van der Waals surface area contributed by atoms with Gasteiger partial charge in [0.15, 0.2) is 0 Å². The summed E-state index contributed by atoms with van der Waals surface area (Å²) < 4.78 is 11.3. The summed E-state index contributed by atoms with van der Waals surface area (Å²) in [6.07, 6.45) is 7.32. The van der Waals surface area contributed by atoms with Crippen molar-refractivity contribution in [2.45, 2.75) is 86.5 Å². The molecule has 2 atom stereocenters. The third-order valence-corrected chi connectivity index (χ3v) is 4.85. The molecule has 2 unspecified atom stereocenters. The van der Waals surface area contributed by atoms with Crippen molar-refractivity contribution in [3.8, 4) is 0 Å². The first kappa shape index (κ1) is 23.4. The van der Waals surface area contributed by atoms with Crippen molar-refractivity contribution in [1.29, 1.82) is 0 Å². The van der Waals surface area contributed by atoms with E-state index in [1.165, 1.54) is 12.8 Å². The maximum absolute atomic E-state index is 13.0. The predicted molar refractivity (Wildman–Crippen MR) is 102 cm³/mol. The Labute approximate surface area is 150 Å². The minimum atomic E-state index is -0.490. The van der Waals surface area contributed by atoms with Crippen molar-refractivity contribution >= 4 is 5.97 Å². The van der Waals surface area contributed by atoms with Crippen LogP contribution in [0.5, 0.6) is 0 Å². The van der Waals surface area contributed by atoms with E-state index in [0.29, 0.717) is 31.0 Å². The average molecular weight is 343 g/mol. The molecule has 0 aromatic rings. The molecule has 0 radical (unpaired) electrons. The van der Waals surface area contributed by atoms with E-state index in [-0.39, 0.29) is 5.97 Å². The smallest absolute Gasteiger partial charge is 0.314 e. The van der Waals surface area contributed by atoms with Gasteiger partial charge in [0.1, 0.15) is 0 Å². The number of unbranched alkanes of at least 4 members (excludes halogenated alkanes) is 1. The van der Waals surface area contributed by atoms with Gasteiger partial charge >= 0.3 is 5.97 Å². The third-order valence-electron chi connectivity index (χ3n) is 4.85. The monoisotopic (exact) mass is 342 g/mol. The quantitative estimate of drug-likeness (QED) is 0.371. The molecular weight excluding hydrogens is 300 g/mol. The molecule has 3 heteroatoms. The molecule has 0 heterocycles. The van der Waals surface area contributed by atoms with E-state index >= 15 is 0 Å². The highest BCUT2D eigenvalue weighted by Crippen LogP contribution is 2.35. The van der Waals surface area contributed by atoms with Gasteiger partial charge in [-0.15, -0.1) is 0 Å². The second kappa shape index (κ2) is 12.7. The highest BCUT2D eigenvalue weighted by Gasteiger charge is 2.40.